The lowest BCUT2D eigenvalue weighted by Crippen LogP contribution is -2.26. The second kappa shape index (κ2) is 6.69. The normalized spacial score (nSPS) is 10.6. The maximum absolute atomic E-state index is 11.5. The van der Waals surface area contributed by atoms with Crippen LogP contribution >= 0.6 is 0 Å². The van der Waals surface area contributed by atoms with E-state index in [0.29, 0.717) is 43.4 Å². The molecule has 0 aliphatic carbocycles. The van der Waals surface area contributed by atoms with Gasteiger partial charge in [-0.15, -0.1) is 0 Å². The van der Waals surface area contributed by atoms with Gasteiger partial charge in [-0.3, -0.25) is 4.79 Å². The van der Waals surface area contributed by atoms with E-state index in [-0.39, 0.29) is 5.91 Å². The highest BCUT2D eigenvalue weighted by Gasteiger charge is 2.11. The molecule has 7 nitrogen and oxygen atoms in total. The fourth-order valence-corrected chi connectivity index (χ4v) is 1.50. The molecule has 3 N–H and O–H groups in total. The number of rotatable bonds is 7. The molecule has 0 spiro atoms. The lowest BCUT2D eigenvalue weighted by atomic mass is 10.3. The third-order valence-corrected chi connectivity index (χ3v) is 2.48. The Hall–Kier alpha value is -2.15. The van der Waals surface area contributed by atoms with E-state index in [9.17, 15) is 4.79 Å². The zero-order valence-electron chi connectivity index (χ0n) is 10.5. The smallest absolute Gasteiger partial charge is 0.238 e. The average Bonchev–Trinajstić information content (AvgIpc) is 3.07. The second-order valence-corrected chi connectivity index (χ2v) is 3.98. The van der Waals surface area contributed by atoms with Gasteiger partial charge >= 0.3 is 0 Å². The van der Waals surface area contributed by atoms with E-state index < -0.39 is 0 Å². The van der Waals surface area contributed by atoms with E-state index in [4.69, 9.17) is 14.7 Å². The first-order valence-corrected chi connectivity index (χ1v) is 6.13. The monoisotopic (exact) mass is 264 g/mol. The number of amides is 1. The molecular formula is C12H16N4O3. The topological polar surface area (TPSA) is 107 Å². The third-order valence-electron chi connectivity index (χ3n) is 2.48. The number of carbonyl (C=O) groups excluding carboxylic acids is 1. The molecule has 0 saturated carbocycles. The number of aromatic nitrogens is 2. The summed E-state index contributed by atoms with van der Waals surface area (Å²) in [5.74, 6) is 1.30. The molecule has 2 aromatic rings. The van der Waals surface area contributed by atoms with Gasteiger partial charge in [-0.2, -0.15) is 4.98 Å². The number of nitrogens with two attached hydrogens (primary N) is 1. The van der Waals surface area contributed by atoms with E-state index >= 15 is 0 Å². The van der Waals surface area contributed by atoms with Crippen molar-refractivity contribution in [3.05, 3.63) is 24.3 Å². The number of hydrogen-bond donors (Lipinski definition) is 2. The lowest BCUT2D eigenvalue weighted by molar-refractivity contribution is -0.121. The molecule has 0 aromatic carbocycles. The van der Waals surface area contributed by atoms with Crippen LogP contribution < -0.4 is 11.1 Å². The number of carbonyl (C=O) groups is 1. The van der Waals surface area contributed by atoms with Crippen molar-refractivity contribution in [1.29, 1.82) is 0 Å². The molecule has 19 heavy (non-hydrogen) atoms. The van der Waals surface area contributed by atoms with Crippen LogP contribution in [0.2, 0.25) is 0 Å². The summed E-state index contributed by atoms with van der Waals surface area (Å²) < 4.78 is 10.2. The average molecular weight is 264 g/mol. The number of furan rings is 1. The van der Waals surface area contributed by atoms with E-state index in [1.165, 1.54) is 6.26 Å². The number of nitrogens with one attached hydrogen (secondary N) is 1. The van der Waals surface area contributed by atoms with Gasteiger partial charge in [0.1, 0.15) is 0 Å². The Balaban J connectivity index is 1.79. The van der Waals surface area contributed by atoms with Crippen LogP contribution in [-0.2, 0) is 11.2 Å². The van der Waals surface area contributed by atoms with Crippen LogP contribution in [0.1, 0.15) is 18.7 Å². The molecule has 0 unspecified atom stereocenters. The Labute approximate surface area is 110 Å². The van der Waals surface area contributed by atoms with E-state index in [1.807, 2.05) is 0 Å². The zero-order valence-corrected chi connectivity index (χ0v) is 10.5. The van der Waals surface area contributed by atoms with Gasteiger partial charge in [-0.05, 0) is 25.1 Å². The standard InChI is InChI=1S/C12H16N4O3/c13-6-2-7-14-10(17)4-5-11-15-12(16-19-11)9-3-1-8-18-9/h1,3,8H,2,4-7,13H2,(H,14,17). The molecule has 2 rings (SSSR count). The molecule has 0 saturated heterocycles. The molecular weight excluding hydrogens is 248 g/mol. The Kier molecular flexibility index (Phi) is 4.68. The largest absolute Gasteiger partial charge is 0.461 e. The maximum Gasteiger partial charge on any atom is 0.238 e. The molecule has 0 aliphatic heterocycles. The van der Waals surface area contributed by atoms with Crippen molar-refractivity contribution in [3.63, 3.8) is 0 Å². The van der Waals surface area contributed by atoms with Gasteiger partial charge in [0.2, 0.25) is 17.6 Å². The van der Waals surface area contributed by atoms with Gasteiger partial charge in [0, 0.05) is 19.4 Å². The van der Waals surface area contributed by atoms with Gasteiger partial charge in [0.25, 0.3) is 0 Å². The van der Waals surface area contributed by atoms with Gasteiger partial charge in [0.05, 0.1) is 6.26 Å². The minimum atomic E-state index is -0.0498. The first-order chi connectivity index (χ1) is 9.29. The van der Waals surface area contributed by atoms with E-state index in [0.717, 1.165) is 6.42 Å². The number of hydrogen-bond acceptors (Lipinski definition) is 6. The summed E-state index contributed by atoms with van der Waals surface area (Å²) in [5.41, 5.74) is 5.34. The summed E-state index contributed by atoms with van der Waals surface area (Å²) in [5, 5.41) is 6.54. The SMILES string of the molecule is NCCCNC(=O)CCc1nc(-c2ccco2)no1. The molecule has 102 valence electrons. The highest BCUT2D eigenvalue weighted by atomic mass is 16.5. The van der Waals surface area contributed by atoms with Crippen LogP contribution in [-0.4, -0.2) is 29.1 Å². The predicted molar refractivity (Wildman–Crippen MR) is 67.0 cm³/mol. The lowest BCUT2D eigenvalue weighted by Gasteiger charge is -2.01. The fraction of sp³-hybridized carbons (Fsp3) is 0.417. The minimum Gasteiger partial charge on any atom is -0.461 e. The van der Waals surface area contributed by atoms with Gasteiger partial charge < -0.3 is 20.0 Å². The molecule has 7 heteroatoms. The molecule has 1 amide bonds. The zero-order chi connectivity index (χ0) is 13.5. The van der Waals surface area contributed by atoms with Crippen LogP contribution in [0.5, 0.6) is 0 Å². The summed E-state index contributed by atoms with van der Waals surface area (Å²) in [6, 6.07) is 3.49. The van der Waals surface area contributed by atoms with Crippen molar-refractivity contribution in [3.8, 4) is 11.6 Å². The summed E-state index contributed by atoms with van der Waals surface area (Å²) >= 11 is 0. The molecule has 0 atom stereocenters. The van der Waals surface area contributed by atoms with Crippen molar-refractivity contribution in [2.75, 3.05) is 13.1 Å². The number of nitrogens with zero attached hydrogens (tertiary/aromatic N) is 2. The highest BCUT2D eigenvalue weighted by Crippen LogP contribution is 2.16. The summed E-state index contributed by atoms with van der Waals surface area (Å²) in [4.78, 5) is 15.6. The molecule has 0 bridgehead atoms. The number of aryl methyl sites for hydroxylation is 1. The van der Waals surface area contributed by atoms with Gasteiger partial charge in [-0.25, -0.2) is 0 Å². The van der Waals surface area contributed by atoms with Crippen LogP contribution in [0.25, 0.3) is 11.6 Å². The second-order valence-electron chi connectivity index (χ2n) is 3.98. The van der Waals surface area contributed by atoms with Crippen molar-refractivity contribution < 1.29 is 13.7 Å². The Morgan fingerprint density at radius 1 is 1.47 bits per heavy atom. The van der Waals surface area contributed by atoms with Crippen LogP contribution in [0.3, 0.4) is 0 Å². The van der Waals surface area contributed by atoms with Crippen molar-refractivity contribution in [2.24, 2.45) is 5.73 Å². The summed E-state index contributed by atoms with van der Waals surface area (Å²) in [7, 11) is 0. The molecule has 0 aliphatic rings. The Bertz CT molecular complexity index is 507. The Morgan fingerprint density at radius 2 is 2.37 bits per heavy atom. The third kappa shape index (κ3) is 3.92. The van der Waals surface area contributed by atoms with Gasteiger partial charge in [-0.1, -0.05) is 5.16 Å². The maximum atomic E-state index is 11.5. The van der Waals surface area contributed by atoms with E-state index in [1.54, 1.807) is 12.1 Å². The summed E-state index contributed by atoms with van der Waals surface area (Å²) in [6.07, 6.45) is 3.03. The summed E-state index contributed by atoms with van der Waals surface area (Å²) in [6.45, 7) is 1.16. The van der Waals surface area contributed by atoms with Gasteiger partial charge in [0.15, 0.2) is 5.76 Å². The van der Waals surface area contributed by atoms with E-state index in [2.05, 4.69) is 15.5 Å². The van der Waals surface area contributed by atoms with Crippen molar-refractivity contribution in [1.82, 2.24) is 15.5 Å². The quantitative estimate of drug-likeness (QED) is 0.714. The predicted octanol–water partition coefficient (Wildman–Crippen LogP) is 0.727. The highest BCUT2D eigenvalue weighted by molar-refractivity contribution is 5.75. The first kappa shape index (κ1) is 13.3. The molecule has 2 heterocycles. The van der Waals surface area contributed by atoms with Crippen molar-refractivity contribution in [2.45, 2.75) is 19.3 Å². The Morgan fingerprint density at radius 3 is 3.11 bits per heavy atom. The van der Waals surface area contributed by atoms with Crippen LogP contribution in [0.4, 0.5) is 0 Å². The minimum absolute atomic E-state index is 0.0498. The first-order valence-electron chi connectivity index (χ1n) is 6.13. The molecule has 0 radical (unpaired) electrons. The van der Waals surface area contributed by atoms with Crippen LogP contribution in [0.15, 0.2) is 27.3 Å². The fourth-order valence-electron chi connectivity index (χ4n) is 1.50. The molecule has 2 aromatic heterocycles. The van der Waals surface area contributed by atoms with Crippen LogP contribution in [0, 0.1) is 0 Å². The molecule has 0 fully saturated rings. The van der Waals surface area contributed by atoms with Crippen molar-refractivity contribution >= 4 is 5.91 Å².